The average Bonchev–Trinajstić information content (AvgIpc) is 4.28. The van der Waals surface area contributed by atoms with Gasteiger partial charge in [-0.1, -0.05) is 34.6 Å². The van der Waals surface area contributed by atoms with Crippen molar-refractivity contribution < 1.29 is 37.0 Å². The lowest BCUT2D eigenvalue weighted by Crippen LogP contribution is -2.38. The van der Waals surface area contributed by atoms with Crippen molar-refractivity contribution in [3.05, 3.63) is 118 Å². The van der Waals surface area contributed by atoms with Crippen LogP contribution in [-0.2, 0) is 13.1 Å². The lowest BCUT2D eigenvalue weighted by Gasteiger charge is -2.21. The fraction of sp³-hybridized carbons (Fsp3) is 0.292. The molecular weight excluding hydrogens is 1040 g/mol. The van der Waals surface area contributed by atoms with Crippen LogP contribution in [0.4, 0.5) is 30.0 Å². The predicted octanol–water partition coefficient (Wildman–Crippen LogP) is 7.52. The summed E-state index contributed by atoms with van der Waals surface area (Å²) >= 11 is 16.2. The molecule has 5 amide bonds. The Hall–Kier alpha value is -7.93. The van der Waals surface area contributed by atoms with Crippen LogP contribution in [0.5, 0.6) is 0 Å². The van der Waals surface area contributed by atoms with Crippen molar-refractivity contribution in [2.75, 3.05) is 65.0 Å². The molecule has 392 valence electrons. The summed E-state index contributed by atoms with van der Waals surface area (Å²) in [6, 6.07) is 16.2. The first-order valence-corrected chi connectivity index (χ1v) is 24.3. The summed E-state index contributed by atoms with van der Waals surface area (Å²) < 4.78 is 39.2. The van der Waals surface area contributed by atoms with Crippen LogP contribution in [0, 0.1) is 11.6 Å². The number of urea groups is 1. The van der Waals surface area contributed by atoms with Crippen LogP contribution in [0.3, 0.4) is 0 Å². The molecule has 2 aliphatic heterocycles. The molecule has 8 heterocycles. The Labute approximate surface area is 441 Å². The number of amides is 5. The Kier molecular flexibility index (Phi) is 17.0. The SMILES string of the molecule is CN(C)C(=O)Cl.CN(C)C(=O)N1CC[C@@H](Nc2n[nH]c3nccc(-c4ccc(CNC(=O)c5cc(Cl)on5)c(F)c4)c23)C1.O=C(NCc1ccc(-c2ccnc3[nH]nc(N[C@@H]4CCNC4)c23)cc1F)c1cc(Cl)on1. The second kappa shape index (κ2) is 24.0. The predicted molar refractivity (Wildman–Crippen MR) is 276 cm³/mol. The maximum Gasteiger partial charge on any atom is 0.319 e. The van der Waals surface area contributed by atoms with Crippen molar-refractivity contribution in [3.8, 4) is 22.3 Å². The second-order valence-corrected chi connectivity index (χ2v) is 18.6. The molecular formula is C48H49Cl3F2N16O6. The van der Waals surface area contributed by atoms with E-state index in [0.29, 0.717) is 58.3 Å². The van der Waals surface area contributed by atoms with Crippen molar-refractivity contribution in [2.24, 2.45) is 0 Å². The molecule has 2 fully saturated rings. The third-order valence-electron chi connectivity index (χ3n) is 11.9. The number of likely N-dealkylation sites (tertiary alicyclic amines) is 1. The van der Waals surface area contributed by atoms with Crippen molar-refractivity contribution >= 4 is 91.7 Å². The molecule has 7 N–H and O–H groups in total. The first-order valence-electron chi connectivity index (χ1n) is 23.1. The van der Waals surface area contributed by atoms with Gasteiger partial charge in [-0.3, -0.25) is 24.6 Å². The minimum atomic E-state index is -0.526. The molecule has 0 bridgehead atoms. The van der Waals surface area contributed by atoms with Crippen molar-refractivity contribution in [2.45, 2.75) is 38.0 Å². The highest BCUT2D eigenvalue weighted by Gasteiger charge is 2.29. The number of carbonyl (C=O) groups is 4. The van der Waals surface area contributed by atoms with E-state index in [1.54, 1.807) is 80.7 Å². The van der Waals surface area contributed by atoms with Crippen molar-refractivity contribution in [3.63, 3.8) is 0 Å². The van der Waals surface area contributed by atoms with Gasteiger partial charge in [0.25, 0.3) is 11.8 Å². The number of hydrogen-bond donors (Lipinski definition) is 7. The summed E-state index contributed by atoms with van der Waals surface area (Å²) in [5.41, 5.74) is 4.73. The number of aromatic amines is 2. The molecule has 0 unspecified atom stereocenters. The summed E-state index contributed by atoms with van der Waals surface area (Å²) in [5.74, 6) is -0.668. The van der Waals surface area contributed by atoms with E-state index in [9.17, 15) is 23.6 Å². The summed E-state index contributed by atoms with van der Waals surface area (Å²) in [4.78, 5) is 59.7. The number of benzene rings is 2. The summed E-state index contributed by atoms with van der Waals surface area (Å²) in [6.07, 6.45) is 5.06. The van der Waals surface area contributed by atoms with E-state index in [4.69, 9.17) is 34.8 Å². The number of fused-ring (bicyclic) bond motifs is 2. The molecule has 27 heteroatoms. The topological polar surface area (TPSA) is 273 Å². The number of aromatic nitrogens is 8. The largest absolute Gasteiger partial charge is 0.364 e. The lowest BCUT2D eigenvalue weighted by molar-refractivity contribution is 0.0933. The maximum atomic E-state index is 15.0. The van der Waals surface area contributed by atoms with Crippen LogP contribution >= 0.6 is 34.8 Å². The molecule has 2 atom stereocenters. The monoisotopic (exact) mass is 1090 g/mol. The zero-order valence-electron chi connectivity index (χ0n) is 40.6. The average molecular weight is 1090 g/mol. The summed E-state index contributed by atoms with van der Waals surface area (Å²) in [5, 5.41) is 38.2. The Morgan fingerprint density at radius 2 is 1.20 bits per heavy atom. The van der Waals surface area contributed by atoms with Gasteiger partial charge in [-0.05, 0) is 101 Å². The number of halogens is 5. The number of nitrogens with one attached hydrogen (secondary N) is 7. The third-order valence-corrected chi connectivity index (χ3v) is 12.6. The van der Waals surface area contributed by atoms with Crippen LogP contribution < -0.4 is 26.6 Å². The van der Waals surface area contributed by atoms with Gasteiger partial charge in [-0.2, -0.15) is 10.2 Å². The van der Waals surface area contributed by atoms with Crippen molar-refractivity contribution in [1.82, 2.24) is 71.3 Å². The molecule has 6 aromatic heterocycles. The maximum absolute atomic E-state index is 15.0. The Morgan fingerprint density at radius 3 is 1.61 bits per heavy atom. The molecule has 0 aliphatic carbocycles. The second-order valence-electron chi connectivity index (χ2n) is 17.6. The van der Waals surface area contributed by atoms with Crippen molar-refractivity contribution in [1.29, 1.82) is 0 Å². The van der Waals surface area contributed by atoms with Gasteiger partial charge in [-0.25, -0.2) is 23.5 Å². The van der Waals surface area contributed by atoms with Gasteiger partial charge < -0.3 is 50.3 Å². The number of nitrogens with zero attached hydrogens (tertiary/aromatic N) is 9. The normalized spacial score (nSPS) is 14.9. The van der Waals surface area contributed by atoms with E-state index >= 15 is 4.39 Å². The number of rotatable bonds is 12. The molecule has 10 rings (SSSR count). The molecule has 0 spiro atoms. The van der Waals surface area contributed by atoms with Gasteiger partial charge >= 0.3 is 11.4 Å². The first-order chi connectivity index (χ1) is 36.0. The smallest absolute Gasteiger partial charge is 0.319 e. The molecule has 75 heavy (non-hydrogen) atoms. The van der Waals surface area contributed by atoms with Gasteiger partial charge in [0.1, 0.15) is 11.6 Å². The molecule has 22 nitrogen and oxygen atoms in total. The summed E-state index contributed by atoms with van der Waals surface area (Å²) in [6.45, 7) is 2.97. The zero-order valence-corrected chi connectivity index (χ0v) is 42.9. The minimum Gasteiger partial charge on any atom is -0.364 e. The first kappa shape index (κ1) is 53.4. The molecule has 0 radical (unpaired) electrons. The highest BCUT2D eigenvalue weighted by Crippen LogP contribution is 2.35. The molecule has 2 saturated heterocycles. The number of hydrogen-bond acceptors (Lipinski definition) is 15. The van der Waals surface area contributed by atoms with Gasteiger partial charge in [-0.15, -0.1) is 0 Å². The van der Waals surface area contributed by atoms with E-state index in [1.807, 2.05) is 6.07 Å². The van der Waals surface area contributed by atoms with E-state index < -0.39 is 28.8 Å². The Bertz CT molecular complexity index is 3340. The molecule has 2 aromatic carbocycles. The van der Waals surface area contributed by atoms with E-state index in [1.165, 1.54) is 29.2 Å². The Balaban J connectivity index is 0.000000181. The number of H-pyrrole nitrogens is 2. The van der Waals surface area contributed by atoms with Crippen LogP contribution in [0.1, 0.15) is 44.9 Å². The Morgan fingerprint density at radius 1 is 0.707 bits per heavy atom. The fourth-order valence-corrected chi connectivity index (χ4v) is 8.34. The number of pyridine rings is 2. The lowest BCUT2D eigenvalue weighted by atomic mass is 10.0. The summed E-state index contributed by atoms with van der Waals surface area (Å²) in [7, 11) is 6.64. The quantitative estimate of drug-likeness (QED) is 0.0460. The van der Waals surface area contributed by atoms with Crippen LogP contribution in [-0.4, -0.2) is 145 Å². The highest BCUT2D eigenvalue weighted by atomic mass is 35.5. The fourth-order valence-electron chi connectivity index (χ4n) is 8.06. The minimum absolute atomic E-state index is 0.00558. The van der Waals surface area contributed by atoms with E-state index in [-0.39, 0.29) is 53.0 Å². The third kappa shape index (κ3) is 13.1. The van der Waals surface area contributed by atoms with Gasteiger partial charge in [0.2, 0.25) is 10.4 Å². The van der Waals surface area contributed by atoms with Crippen LogP contribution in [0.15, 0.2) is 82.1 Å². The van der Waals surface area contributed by atoms with E-state index in [2.05, 4.69) is 76.3 Å². The van der Waals surface area contributed by atoms with E-state index in [0.717, 1.165) is 47.8 Å². The molecule has 2 aliphatic rings. The number of carbonyl (C=O) groups excluding carboxylic acids is 4. The van der Waals surface area contributed by atoms with Gasteiger partial charge in [0, 0.05) is 109 Å². The number of anilines is 2. The van der Waals surface area contributed by atoms with Crippen LogP contribution in [0.25, 0.3) is 44.3 Å². The van der Waals surface area contributed by atoms with Gasteiger partial charge in [0.15, 0.2) is 34.3 Å². The molecule has 0 saturated carbocycles. The molecule has 8 aromatic rings. The zero-order chi connectivity index (χ0) is 53.3. The van der Waals surface area contributed by atoms with Crippen LogP contribution in [0.2, 0.25) is 10.4 Å². The van der Waals surface area contributed by atoms with Gasteiger partial charge in [0.05, 0.1) is 10.8 Å². The highest BCUT2D eigenvalue weighted by molar-refractivity contribution is 6.62. The standard InChI is InChI=1S/C24H24ClFN8O3.C21H19ClFN7O2.C3H6ClNO/c1-33(2)24(36)34-8-6-15(12-34)29-22-20-16(5-7-27-21(20)30-31-22)13-3-4-14(17(26)9-13)11-28-23(35)18-10-19(25)37-32-18;22-17-8-16(30-32-17)21(31)26-9-12-2-1-11(7-15(12)23)14-4-6-25-19-18(14)20(29-28-19)27-13-3-5-24-10-13;1-5(2)3(4)6/h3-5,7,9-10,15H,6,8,11-12H2,1-2H3,(H,28,35)(H2,27,29,30,31);1-2,4,6-8,13,24H,3,5,9-10H2,(H,26,31)(H2,25,27,28,29);1-2H3/t15-;13-;/m11./s1.